The van der Waals surface area contributed by atoms with E-state index in [0.717, 1.165) is 30.2 Å². The number of nitrogens with one attached hydrogen (secondary N) is 1. The molecule has 1 saturated carbocycles. The lowest BCUT2D eigenvalue weighted by Gasteiger charge is -2.30. The summed E-state index contributed by atoms with van der Waals surface area (Å²) in [6.45, 7) is 0. The molecule has 0 spiro atoms. The van der Waals surface area contributed by atoms with Crippen molar-refractivity contribution in [2.24, 2.45) is 5.92 Å². The highest BCUT2D eigenvalue weighted by molar-refractivity contribution is 6.18. The van der Waals surface area contributed by atoms with Crippen molar-refractivity contribution in [3.63, 3.8) is 0 Å². The Morgan fingerprint density at radius 1 is 1.24 bits per heavy atom. The van der Waals surface area contributed by atoms with Gasteiger partial charge in [0.25, 0.3) is 5.91 Å². The van der Waals surface area contributed by atoms with Gasteiger partial charge in [-0.25, -0.2) is 0 Å². The average Bonchev–Trinajstić information content (AvgIpc) is 2.54. The Hall–Kier alpha value is -1.61. The first-order valence-corrected chi connectivity index (χ1v) is 8.03. The number of pyridine rings is 1. The van der Waals surface area contributed by atoms with Crippen molar-refractivity contribution in [1.29, 1.82) is 0 Å². The predicted molar refractivity (Wildman–Crippen MR) is 85.7 cm³/mol. The molecule has 110 valence electrons. The molecule has 0 aliphatic heterocycles. The van der Waals surface area contributed by atoms with Gasteiger partial charge in [0.2, 0.25) is 0 Å². The quantitative estimate of drug-likeness (QED) is 0.877. The zero-order valence-electron chi connectivity index (χ0n) is 11.9. The number of carbonyl (C=O) groups excluding carboxylic acids is 1. The summed E-state index contributed by atoms with van der Waals surface area (Å²) >= 11 is 6.04. The molecule has 1 heterocycles. The maximum absolute atomic E-state index is 12.6. The molecule has 3 rings (SSSR count). The number of rotatable bonds is 3. The maximum atomic E-state index is 12.6. The normalized spacial score (nSPS) is 22.1. The van der Waals surface area contributed by atoms with Gasteiger partial charge in [0, 0.05) is 23.5 Å². The van der Waals surface area contributed by atoms with E-state index in [4.69, 9.17) is 11.6 Å². The van der Waals surface area contributed by atoms with Gasteiger partial charge in [-0.05, 0) is 30.9 Å². The lowest BCUT2D eigenvalue weighted by molar-refractivity contribution is 0.0912. The number of halogens is 1. The highest BCUT2D eigenvalue weighted by Gasteiger charge is 2.26. The number of benzene rings is 1. The summed E-state index contributed by atoms with van der Waals surface area (Å²) in [5.74, 6) is 0.951. The SMILES string of the molecule is O=C(NC1CCCCC1CCl)c1cccc2cccnc12. The number of fused-ring (bicyclic) bond motifs is 1. The van der Waals surface area contributed by atoms with E-state index >= 15 is 0 Å². The van der Waals surface area contributed by atoms with Crippen LogP contribution in [0.3, 0.4) is 0 Å². The molecule has 1 aliphatic carbocycles. The number of hydrogen-bond donors (Lipinski definition) is 1. The number of alkyl halides is 1. The fourth-order valence-electron chi connectivity index (χ4n) is 3.12. The molecule has 2 unspecified atom stereocenters. The summed E-state index contributed by atoms with van der Waals surface area (Å²) < 4.78 is 0. The molecule has 21 heavy (non-hydrogen) atoms. The van der Waals surface area contributed by atoms with Gasteiger partial charge in [-0.1, -0.05) is 31.0 Å². The van der Waals surface area contributed by atoms with Crippen LogP contribution in [-0.2, 0) is 0 Å². The smallest absolute Gasteiger partial charge is 0.253 e. The lowest BCUT2D eigenvalue weighted by Crippen LogP contribution is -2.42. The summed E-state index contributed by atoms with van der Waals surface area (Å²) in [6.07, 6.45) is 6.20. The summed E-state index contributed by atoms with van der Waals surface area (Å²) in [7, 11) is 0. The molecule has 1 aliphatic rings. The summed E-state index contributed by atoms with van der Waals surface area (Å²) in [4.78, 5) is 16.9. The van der Waals surface area contributed by atoms with E-state index in [-0.39, 0.29) is 11.9 Å². The third-order valence-corrected chi connectivity index (χ3v) is 4.70. The van der Waals surface area contributed by atoms with Crippen LogP contribution < -0.4 is 5.32 Å². The first kappa shape index (κ1) is 14.3. The van der Waals surface area contributed by atoms with Crippen molar-refractivity contribution in [3.8, 4) is 0 Å². The fraction of sp³-hybridized carbons (Fsp3) is 0.412. The molecule has 2 atom stereocenters. The monoisotopic (exact) mass is 302 g/mol. The Labute approximate surface area is 129 Å². The molecule has 0 bridgehead atoms. The zero-order valence-corrected chi connectivity index (χ0v) is 12.6. The molecule has 0 radical (unpaired) electrons. The van der Waals surface area contributed by atoms with E-state index in [1.54, 1.807) is 6.20 Å². The van der Waals surface area contributed by atoms with Crippen LogP contribution in [0.25, 0.3) is 10.9 Å². The number of aromatic nitrogens is 1. The van der Waals surface area contributed by atoms with Gasteiger partial charge in [0.15, 0.2) is 0 Å². The summed E-state index contributed by atoms with van der Waals surface area (Å²) in [5, 5.41) is 4.15. The molecule has 0 saturated heterocycles. The van der Waals surface area contributed by atoms with Crippen LogP contribution in [0.15, 0.2) is 36.5 Å². The zero-order chi connectivity index (χ0) is 14.7. The van der Waals surface area contributed by atoms with E-state index in [9.17, 15) is 4.79 Å². The van der Waals surface area contributed by atoms with Crippen LogP contribution in [0.2, 0.25) is 0 Å². The third kappa shape index (κ3) is 3.03. The molecular formula is C17H19ClN2O. The molecule has 1 aromatic heterocycles. The predicted octanol–water partition coefficient (Wildman–Crippen LogP) is 3.76. The van der Waals surface area contributed by atoms with Gasteiger partial charge in [-0.2, -0.15) is 0 Å². The van der Waals surface area contributed by atoms with Gasteiger partial charge in [0.1, 0.15) is 0 Å². The van der Waals surface area contributed by atoms with Gasteiger partial charge in [0.05, 0.1) is 11.1 Å². The molecular weight excluding hydrogens is 284 g/mol. The van der Waals surface area contributed by atoms with Gasteiger partial charge >= 0.3 is 0 Å². The van der Waals surface area contributed by atoms with Crippen molar-refractivity contribution >= 4 is 28.4 Å². The number of para-hydroxylation sites is 1. The maximum Gasteiger partial charge on any atom is 0.253 e. The molecule has 4 heteroatoms. The number of nitrogens with zero attached hydrogens (tertiary/aromatic N) is 1. The van der Waals surface area contributed by atoms with Crippen LogP contribution in [0.1, 0.15) is 36.0 Å². The Bertz CT molecular complexity index is 638. The van der Waals surface area contributed by atoms with Crippen LogP contribution in [-0.4, -0.2) is 22.8 Å². The molecule has 1 aromatic carbocycles. The fourth-order valence-corrected chi connectivity index (χ4v) is 3.49. The minimum Gasteiger partial charge on any atom is -0.349 e. The van der Waals surface area contributed by atoms with Gasteiger partial charge < -0.3 is 5.32 Å². The molecule has 1 N–H and O–H groups in total. The van der Waals surface area contributed by atoms with Crippen molar-refractivity contribution in [3.05, 3.63) is 42.1 Å². The second-order valence-electron chi connectivity index (χ2n) is 5.66. The van der Waals surface area contributed by atoms with E-state index in [1.165, 1.54) is 6.42 Å². The summed E-state index contributed by atoms with van der Waals surface area (Å²) in [5.41, 5.74) is 1.41. The van der Waals surface area contributed by atoms with Crippen molar-refractivity contribution in [2.45, 2.75) is 31.7 Å². The Morgan fingerprint density at radius 2 is 2.05 bits per heavy atom. The molecule has 1 amide bonds. The van der Waals surface area contributed by atoms with Crippen molar-refractivity contribution in [1.82, 2.24) is 10.3 Å². The minimum absolute atomic E-state index is 0.0404. The van der Waals surface area contributed by atoms with Gasteiger partial charge in [-0.15, -0.1) is 11.6 Å². The largest absolute Gasteiger partial charge is 0.349 e. The molecule has 1 fully saturated rings. The Balaban J connectivity index is 1.84. The highest BCUT2D eigenvalue weighted by Crippen LogP contribution is 2.26. The van der Waals surface area contributed by atoms with Crippen molar-refractivity contribution < 1.29 is 4.79 Å². The summed E-state index contributed by atoms with van der Waals surface area (Å²) in [6, 6.07) is 9.75. The number of carbonyl (C=O) groups is 1. The highest BCUT2D eigenvalue weighted by atomic mass is 35.5. The minimum atomic E-state index is -0.0404. The van der Waals surface area contributed by atoms with E-state index < -0.39 is 0 Å². The lowest BCUT2D eigenvalue weighted by atomic mass is 9.85. The van der Waals surface area contributed by atoms with Crippen LogP contribution in [0, 0.1) is 5.92 Å². The van der Waals surface area contributed by atoms with Crippen LogP contribution in [0.5, 0.6) is 0 Å². The first-order valence-electron chi connectivity index (χ1n) is 7.50. The van der Waals surface area contributed by atoms with Crippen LogP contribution in [0.4, 0.5) is 0 Å². The number of amides is 1. The molecule has 2 aromatic rings. The van der Waals surface area contributed by atoms with Crippen LogP contribution >= 0.6 is 11.6 Å². The Morgan fingerprint density at radius 3 is 2.90 bits per heavy atom. The first-order chi connectivity index (χ1) is 10.3. The van der Waals surface area contributed by atoms with E-state index in [0.29, 0.717) is 17.4 Å². The van der Waals surface area contributed by atoms with E-state index in [1.807, 2.05) is 30.3 Å². The third-order valence-electron chi connectivity index (χ3n) is 4.30. The molecule has 3 nitrogen and oxygen atoms in total. The van der Waals surface area contributed by atoms with Gasteiger partial charge in [-0.3, -0.25) is 9.78 Å². The number of hydrogen-bond acceptors (Lipinski definition) is 2. The topological polar surface area (TPSA) is 42.0 Å². The average molecular weight is 303 g/mol. The second kappa shape index (κ2) is 6.44. The van der Waals surface area contributed by atoms with E-state index in [2.05, 4.69) is 10.3 Å². The second-order valence-corrected chi connectivity index (χ2v) is 5.97. The standard InChI is InChI=1S/C17H19ClN2O/c18-11-13-5-1-2-9-15(13)20-17(21)14-8-3-6-12-7-4-10-19-16(12)14/h3-4,6-8,10,13,15H,1-2,5,9,11H2,(H,20,21). The van der Waals surface area contributed by atoms with Crippen molar-refractivity contribution in [2.75, 3.05) is 5.88 Å². The Kier molecular flexibility index (Phi) is 4.39.